The van der Waals surface area contributed by atoms with Crippen molar-refractivity contribution in [1.29, 1.82) is 0 Å². The molecule has 3 rings (SSSR count). The molecule has 0 atom stereocenters. The van der Waals surface area contributed by atoms with Gasteiger partial charge in [-0.25, -0.2) is 13.9 Å². The second kappa shape index (κ2) is 8.67. The monoisotopic (exact) mass is 429 g/mol. The summed E-state index contributed by atoms with van der Waals surface area (Å²) in [5.74, 6) is -1.65. The fourth-order valence-corrected chi connectivity index (χ4v) is 3.13. The molecule has 0 aliphatic carbocycles. The topological polar surface area (TPSA) is 89.3 Å². The quantitative estimate of drug-likeness (QED) is 0.755. The van der Waals surface area contributed by atoms with Gasteiger partial charge in [0, 0.05) is 19.1 Å². The van der Waals surface area contributed by atoms with Crippen molar-refractivity contribution in [2.45, 2.75) is 32.0 Å². The summed E-state index contributed by atoms with van der Waals surface area (Å²) in [6.45, 7) is 2.53. The number of aromatic nitrogens is 3. The Bertz CT molecular complexity index is 906. The summed E-state index contributed by atoms with van der Waals surface area (Å²) in [5, 5.41) is 9.38. The highest BCUT2D eigenvalue weighted by molar-refractivity contribution is 5.93. The van der Waals surface area contributed by atoms with E-state index in [1.165, 1.54) is 4.90 Å². The first-order valence-electron chi connectivity index (χ1n) is 9.22. The van der Waals surface area contributed by atoms with Gasteiger partial charge in [-0.3, -0.25) is 4.79 Å². The van der Waals surface area contributed by atoms with Crippen molar-refractivity contribution in [3.8, 4) is 5.69 Å². The molecule has 8 nitrogen and oxygen atoms in total. The molecule has 1 saturated heterocycles. The normalized spacial score (nSPS) is 15.2. The van der Waals surface area contributed by atoms with Crippen LogP contribution in [0.2, 0.25) is 0 Å². The van der Waals surface area contributed by atoms with Crippen molar-refractivity contribution < 1.29 is 31.9 Å². The molecular weight excluding hydrogens is 410 g/mol. The van der Waals surface area contributed by atoms with Gasteiger partial charge in [0.15, 0.2) is 11.4 Å². The largest absolute Gasteiger partial charge is 0.450 e. The van der Waals surface area contributed by atoms with Gasteiger partial charge in [0.25, 0.3) is 5.91 Å². The van der Waals surface area contributed by atoms with Crippen LogP contribution in [0, 0.1) is 5.82 Å². The molecular formula is C18H19F4N5O3. The minimum atomic E-state index is -4.92. The third kappa shape index (κ3) is 4.69. The van der Waals surface area contributed by atoms with Crippen molar-refractivity contribution in [2.24, 2.45) is 0 Å². The maximum Gasteiger partial charge on any atom is 0.435 e. The minimum Gasteiger partial charge on any atom is -0.450 e. The SMILES string of the molecule is CCOC(=O)N1CCC(NC(=O)c2nnn(-c3ccc(F)cc3)c2C(F)(F)F)CC1. The average molecular weight is 429 g/mol. The molecule has 0 radical (unpaired) electrons. The molecule has 1 aliphatic rings. The molecule has 0 unspecified atom stereocenters. The Balaban J connectivity index is 1.75. The Morgan fingerprint density at radius 3 is 2.40 bits per heavy atom. The van der Waals surface area contributed by atoms with E-state index in [9.17, 15) is 27.2 Å². The van der Waals surface area contributed by atoms with E-state index < -0.39 is 41.4 Å². The Morgan fingerprint density at radius 1 is 1.20 bits per heavy atom. The van der Waals surface area contributed by atoms with Crippen LogP contribution in [-0.2, 0) is 10.9 Å². The first kappa shape index (κ1) is 21.5. The van der Waals surface area contributed by atoms with E-state index in [4.69, 9.17) is 4.74 Å². The number of likely N-dealkylation sites (tertiary alicyclic amines) is 1. The Morgan fingerprint density at radius 2 is 1.83 bits per heavy atom. The number of piperidine rings is 1. The highest BCUT2D eigenvalue weighted by Crippen LogP contribution is 2.33. The predicted molar refractivity (Wildman–Crippen MR) is 95.4 cm³/mol. The average Bonchev–Trinajstić information content (AvgIpc) is 3.15. The van der Waals surface area contributed by atoms with Crippen LogP contribution in [-0.4, -0.2) is 57.6 Å². The number of alkyl halides is 3. The van der Waals surface area contributed by atoms with Gasteiger partial charge < -0.3 is 15.0 Å². The number of rotatable bonds is 4. The number of carbonyl (C=O) groups excluding carboxylic acids is 2. The number of nitrogens with zero attached hydrogens (tertiary/aromatic N) is 4. The van der Waals surface area contributed by atoms with Crippen molar-refractivity contribution in [1.82, 2.24) is 25.2 Å². The van der Waals surface area contributed by atoms with Crippen LogP contribution < -0.4 is 5.32 Å². The smallest absolute Gasteiger partial charge is 0.435 e. The number of hydrogen-bond donors (Lipinski definition) is 1. The van der Waals surface area contributed by atoms with Gasteiger partial charge in [-0.2, -0.15) is 13.2 Å². The van der Waals surface area contributed by atoms with Crippen LogP contribution in [0.3, 0.4) is 0 Å². The molecule has 1 aromatic heterocycles. The van der Waals surface area contributed by atoms with Gasteiger partial charge in [0.05, 0.1) is 12.3 Å². The van der Waals surface area contributed by atoms with Crippen molar-refractivity contribution in [3.05, 3.63) is 41.5 Å². The maximum absolute atomic E-state index is 13.6. The lowest BCUT2D eigenvalue weighted by molar-refractivity contribution is -0.143. The fourth-order valence-electron chi connectivity index (χ4n) is 3.13. The van der Waals surface area contributed by atoms with E-state index in [1.54, 1.807) is 6.92 Å². The van der Waals surface area contributed by atoms with Crippen molar-refractivity contribution in [3.63, 3.8) is 0 Å². The van der Waals surface area contributed by atoms with Crippen LogP contribution in [0.15, 0.2) is 24.3 Å². The highest BCUT2D eigenvalue weighted by atomic mass is 19.4. The Kier molecular flexibility index (Phi) is 6.22. The lowest BCUT2D eigenvalue weighted by Crippen LogP contribution is -2.47. The van der Waals surface area contributed by atoms with Crippen LogP contribution in [0.5, 0.6) is 0 Å². The van der Waals surface area contributed by atoms with Gasteiger partial charge in [0.1, 0.15) is 5.82 Å². The summed E-state index contributed by atoms with van der Waals surface area (Å²) in [6.07, 6.45) is -4.67. The van der Waals surface area contributed by atoms with E-state index in [0.29, 0.717) is 30.6 Å². The molecule has 1 aromatic carbocycles. The summed E-state index contributed by atoms with van der Waals surface area (Å²) in [6, 6.07) is 3.74. The van der Waals surface area contributed by atoms with Gasteiger partial charge in [-0.1, -0.05) is 5.21 Å². The fraction of sp³-hybridized carbons (Fsp3) is 0.444. The van der Waals surface area contributed by atoms with Crippen LogP contribution in [0.25, 0.3) is 5.69 Å². The molecule has 30 heavy (non-hydrogen) atoms. The molecule has 1 aliphatic heterocycles. The highest BCUT2D eigenvalue weighted by Gasteiger charge is 2.42. The van der Waals surface area contributed by atoms with Crippen LogP contribution in [0.1, 0.15) is 35.9 Å². The second-order valence-corrected chi connectivity index (χ2v) is 6.61. The van der Waals surface area contributed by atoms with Crippen LogP contribution >= 0.6 is 0 Å². The number of hydrogen-bond acceptors (Lipinski definition) is 5. The van der Waals surface area contributed by atoms with Crippen molar-refractivity contribution in [2.75, 3.05) is 19.7 Å². The first-order valence-corrected chi connectivity index (χ1v) is 9.22. The number of amides is 2. The first-order chi connectivity index (χ1) is 14.2. The number of halogens is 4. The zero-order chi connectivity index (χ0) is 21.9. The molecule has 1 fully saturated rings. The molecule has 1 N–H and O–H groups in total. The molecule has 0 bridgehead atoms. The molecule has 2 heterocycles. The number of nitrogens with one attached hydrogen (secondary N) is 1. The van der Waals surface area contributed by atoms with Gasteiger partial charge >= 0.3 is 12.3 Å². The number of benzene rings is 1. The van der Waals surface area contributed by atoms with E-state index in [0.717, 1.165) is 24.3 Å². The lowest BCUT2D eigenvalue weighted by atomic mass is 10.1. The van der Waals surface area contributed by atoms with E-state index >= 15 is 0 Å². The molecule has 0 saturated carbocycles. The predicted octanol–water partition coefficient (Wildman–Crippen LogP) is 2.78. The Labute approximate surface area is 168 Å². The zero-order valence-electron chi connectivity index (χ0n) is 15.9. The summed E-state index contributed by atoms with van der Waals surface area (Å²) >= 11 is 0. The number of ether oxygens (including phenoxy) is 1. The van der Waals surface area contributed by atoms with Crippen LogP contribution in [0.4, 0.5) is 22.4 Å². The van der Waals surface area contributed by atoms with Gasteiger partial charge in [0.2, 0.25) is 0 Å². The maximum atomic E-state index is 13.6. The van der Waals surface area contributed by atoms with E-state index in [-0.39, 0.29) is 12.3 Å². The third-order valence-electron chi connectivity index (χ3n) is 4.58. The minimum absolute atomic E-state index is 0.0852. The molecule has 2 aromatic rings. The molecule has 12 heteroatoms. The zero-order valence-corrected chi connectivity index (χ0v) is 15.9. The second-order valence-electron chi connectivity index (χ2n) is 6.61. The summed E-state index contributed by atoms with van der Waals surface area (Å²) in [5.41, 5.74) is -2.31. The Hall–Kier alpha value is -3.18. The van der Waals surface area contributed by atoms with Gasteiger partial charge in [-0.15, -0.1) is 5.10 Å². The lowest BCUT2D eigenvalue weighted by Gasteiger charge is -2.31. The molecule has 162 valence electrons. The molecule has 2 amide bonds. The van der Waals surface area contributed by atoms with E-state index in [2.05, 4.69) is 15.6 Å². The summed E-state index contributed by atoms with van der Waals surface area (Å²) in [4.78, 5) is 25.7. The third-order valence-corrected chi connectivity index (χ3v) is 4.58. The summed E-state index contributed by atoms with van der Waals surface area (Å²) < 4.78 is 59.4. The molecule has 0 spiro atoms. The van der Waals surface area contributed by atoms with Crippen molar-refractivity contribution >= 4 is 12.0 Å². The summed E-state index contributed by atoms with van der Waals surface area (Å²) in [7, 11) is 0. The van der Waals surface area contributed by atoms with E-state index in [1.807, 2.05) is 0 Å². The van der Waals surface area contributed by atoms with Gasteiger partial charge in [-0.05, 0) is 44.0 Å². The number of carbonyl (C=O) groups is 2. The standard InChI is InChI=1S/C18H19F4N5O3/c1-2-30-17(29)26-9-7-12(8-10-26)23-16(28)14-15(18(20,21)22)27(25-24-14)13-5-3-11(19)4-6-13/h3-6,12H,2,7-10H2,1H3,(H,23,28).